The molecule has 1 fully saturated rings. The second-order valence-electron chi connectivity index (χ2n) is 34.3. The lowest BCUT2D eigenvalue weighted by Gasteiger charge is -2.32. The van der Waals surface area contributed by atoms with Gasteiger partial charge in [0.2, 0.25) is 72.3 Å². The Labute approximate surface area is 823 Å². The fourth-order valence-corrected chi connectivity index (χ4v) is 19.0. The first-order chi connectivity index (χ1) is 67.8. The molecule has 51 heteroatoms. The molecule has 1 saturated heterocycles. The molecular formula is C92H125N23O26S2. The maximum atomic E-state index is 14.4. The highest BCUT2D eigenvalue weighted by Crippen LogP contribution is 2.29. The van der Waals surface area contributed by atoms with Crippen LogP contribution in [0.25, 0.3) is 21.8 Å². The SMILES string of the molecule is [CH]N1CCN(CC)CCN(CC(=O)O)CCN(CC(=O)N[C@@H](CCC(=O)NC(CC(O)(O)O)C(=O)NCCNC(=O)CCCOc2cc(C)c(S(=O)(=O)NC(CNC(=O)c3cn(C)c4cc(CNc5ncc[nH]5)ccc4c3=O)C(=O)O)c(C)c2)C(=O)NC(CC)C(=O)NCCNC(=O)CCCOc2cc(C)c(S(=O)(=O)NC(CNC(=O)c3cn(C)c4cc(CNc5ncc[nH]5)ccc4c3=O)C(=O)O)c(C)c2)CC1. The van der Waals surface area contributed by atoms with Crippen LogP contribution in [0, 0.1) is 34.7 Å². The number of aryl methyl sites for hydroxylation is 6. The van der Waals surface area contributed by atoms with Crippen molar-refractivity contribution in [3.05, 3.63) is 170 Å². The first kappa shape index (κ1) is 113. The molecule has 21 N–H and O–H groups in total. The van der Waals surface area contributed by atoms with Crippen molar-refractivity contribution in [3.63, 3.8) is 0 Å². The third-order valence-electron chi connectivity index (χ3n) is 23.1. The van der Waals surface area contributed by atoms with Gasteiger partial charge in [-0.1, -0.05) is 26.0 Å². The number of carboxylic acid groups (broad SMARTS) is 3. The quantitative estimate of drug-likeness (QED) is 0.0142. The van der Waals surface area contributed by atoms with Crippen LogP contribution in [0.5, 0.6) is 11.5 Å². The molecule has 0 bridgehead atoms. The van der Waals surface area contributed by atoms with Gasteiger partial charge in [-0.05, 0) is 142 Å². The molecule has 776 valence electrons. The van der Waals surface area contributed by atoms with E-state index in [1.807, 2.05) is 6.92 Å². The van der Waals surface area contributed by atoms with E-state index >= 15 is 0 Å². The van der Waals surface area contributed by atoms with E-state index in [1.54, 1.807) is 106 Å². The highest BCUT2D eigenvalue weighted by molar-refractivity contribution is 7.90. The van der Waals surface area contributed by atoms with Crippen molar-refractivity contribution in [3.8, 4) is 11.5 Å². The maximum Gasteiger partial charge on any atom is 0.323 e. The molecular weight excluding hydrogens is 1910 g/mol. The number of aliphatic carboxylic acids is 3. The molecule has 8 aromatic rings. The van der Waals surface area contributed by atoms with Crippen molar-refractivity contribution in [2.45, 2.75) is 152 Å². The van der Waals surface area contributed by atoms with E-state index in [-0.39, 0.29) is 176 Å². The number of H-pyrrole nitrogens is 2. The number of ether oxygens (including phenoxy) is 2. The number of aromatic amines is 2. The summed E-state index contributed by atoms with van der Waals surface area (Å²) in [5, 5.41) is 89.3. The first-order valence-corrected chi connectivity index (χ1v) is 49.0. The molecule has 1 aliphatic heterocycles. The van der Waals surface area contributed by atoms with Gasteiger partial charge in [0.15, 0.2) is 11.9 Å². The number of hydrogen-bond acceptors (Lipinski definition) is 31. The van der Waals surface area contributed by atoms with Gasteiger partial charge in [-0.15, -0.1) is 0 Å². The lowest BCUT2D eigenvalue weighted by molar-refractivity contribution is -0.316. The Kier molecular flexibility index (Phi) is 42.0. The number of rotatable bonds is 53. The lowest BCUT2D eigenvalue weighted by Crippen LogP contribution is -2.56. The van der Waals surface area contributed by atoms with E-state index in [4.69, 9.17) is 16.5 Å². The van der Waals surface area contributed by atoms with Gasteiger partial charge in [0.1, 0.15) is 52.8 Å². The van der Waals surface area contributed by atoms with Crippen molar-refractivity contribution in [1.82, 2.24) is 106 Å². The molecule has 5 heterocycles. The van der Waals surface area contributed by atoms with E-state index in [2.05, 4.69) is 92.8 Å². The molecule has 9 rings (SSSR count). The summed E-state index contributed by atoms with van der Waals surface area (Å²) in [6.07, 6.45) is 6.65. The Hall–Kier alpha value is -13.9. The summed E-state index contributed by atoms with van der Waals surface area (Å²) in [5.74, 6) is -13.8. The molecule has 49 nitrogen and oxygen atoms in total. The summed E-state index contributed by atoms with van der Waals surface area (Å²) >= 11 is 0. The van der Waals surface area contributed by atoms with Gasteiger partial charge in [-0.3, -0.25) is 81.8 Å². The third-order valence-corrected chi connectivity index (χ3v) is 26.7. The number of carbonyl (C=O) groups is 12. The van der Waals surface area contributed by atoms with Crippen molar-refractivity contribution in [2.75, 3.05) is 135 Å². The molecule has 143 heavy (non-hydrogen) atoms. The predicted molar refractivity (Wildman–Crippen MR) is 520 cm³/mol. The molecule has 4 aromatic heterocycles. The molecule has 0 saturated carbocycles. The monoisotopic (exact) mass is 2030 g/mol. The number of fused-ring (bicyclic) bond motifs is 2. The smallest absolute Gasteiger partial charge is 0.323 e. The maximum absolute atomic E-state index is 14.4. The summed E-state index contributed by atoms with van der Waals surface area (Å²) in [5.41, 5.74) is 1.30. The van der Waals surface area contributed by atoms with E-state index in [0.717, 1.165) is 11.1 Å². The van der Waals surface area contributed by atoms with Gasteiger partial charge in [-0.2, -0.15) is 9.44 Å². The number of carbonyl (C=O) groups excluding carboxylic acids is 9. The first-order valence-electron chi connectivity index (χ1n) is 46.1. The van der Waals surface area contributed by atoms with Crippen molar-refractivity contribution in [1.29, 1.82) is 0 Å². The number of pyridine rings is 2. The van der Waals surface area contributed by atoms with Gasteiger partial charge in [0, 0.05) is 193 Å². The van der Waals surface area contributed by atoms with Crippen LogP contribution in [0.1, 0.15) is 119 Å². The molecule has 9 amide bonds. The van der Waals surface area contributed by atoms with Crippen LogP contribution >= 0.6 is 0 Å². The number of likely N-dealkylation sites (N-methyl/N-ethyl adjacent to an activating group) is 1. The van der Waals surface area contributed by atoms with Crippen molar-refractivity contribution in [2.24, 2.45) is 14.1 Å². The Morgan fingerprint density at radius 1 is 0.490 bits per heavy atom. The van der Waals surface area contributed by atoms with Crippen LogP contribution in [-0.2, 0) is 95.2 Å². The Balaban J connectivity index is 0.727. The summed E-state index contributed by atoms with van der Waals surface area (Å²) < 4.78 is 74.5. The molecule has 1 aliphatic rings. The third kappa shape index (κ3) is 34.8. The molecule has 4 unspecified atom stereocenters. The summed E-state index contributed by atoms with van der Waals surface area (Å²) in [6, 6.07) is 7.03. The van der Waals surface area contributed by atoms with Crippen molar-refractivity contribution < 1.29 is 114 Å². The molecule has 0 spiro atoms. The van der Waals surface area contributed by atoms with Crippen LogP contribution in [0.15, 0.2) is 117 Å². The molecule has 4 aromatic carbocycles. The Morgan fingerprint density at radius 2 is 0.902 bits per heavy atom. The second kappa shape index (κ2) is 53.3. The van der Waals surface area contributed by atoms with E-state index in [0.29, 0.717) is 68.7 Å². The van der Waals surface area contributed by atoms with Crippen LogP contribution in [0.3, 0.4) is 0 Å². The second-order valence-corrected chi connectivity index (χ2v) is 37.6. The van der Waals surface area contributed by atoms with Crippen LogP contribution < -0.4 is 88.3 Å². The molecule has 5 atom stereocenters. The number of nitrogens with one attached hydrogen (secondary N) is 15. The van der Waals surface area contributed by atoms with Crippen molar-refractivity contribution >= 4 is 125 Å². The zero-order chi connectivity index (χ0) is 105. The largest absolute Gasteiger partial charge is 0.494 e. The number of benzene rings is 4. The minimum Gasteiger partial charge on any atom is -0.494 e. The Bertz CT molecular complexity index is 6170. The zero-order valence-electron chi connectivity index (χ0n) is 80.5. The van der Waals surface area contributed by atoms with Crippen LogP contribution in [0.2, 0.25) is 0 Å². The minimum atomic E-state index is -4.61. The Morgan fingerprint density at radius 3 is 1.31 bits per heavy atom. The summed E-state index contributed by atoms with van der Waals surface area (Å²) in [4.78, 5) is 207. The fraction of sp³-hybridized carbons (Fsp3) is 0.467. The van der Waals surface area contributed by atoms with Crippen LogP contribution in [-0.4, -0.2) is 328 Å². The van der Waals surface area contributed by atoms with Gasteiger partial charge >= 0.3 is 17.9 Å². The number of imidazole rings is 2. The highest BCUT2D eigenvalue weighted by Gasteiger charge is 2.36. The minimum absolute atomic E-state index is 0.0314. The number of amides is 9. The standard InChI is InChI=1S/C92H125N23O26S2/c1-10-67(85(126)95-24-22-93-74(116)14-12-38-140-61-40-55(3)81(56(4)41-61)142(136,137)108-70(88(129)130)49-101-83(124)65-51-111(8)72-44-59(16-18-63(72)79(65)122)47-103-90-97-26-27-98-90)107-87(128)68(105-77(119)53-114-33-31-110(7)30-32-113(11-2)34-35-115(37-36-114)54-78(120)121)20-21-76(118)106-69(46-92(133,134)135)86(127)96-25-23-94-75(117)15-13-39-141-62-42-57(5)82(58(6)43-62)143(138,139)109-71(89(131)132)50-102-84(125)66-52-112(9)73-45-60(17-19-64(73)80(66)123)48-104-91-99-28-29-100-91/h7,16-19,26-29,40-45,51-52,67-71,108-109,133-135H,10-15,20-25,30-39,46-50,53-54H2,1-6,8-9H3,(H,93,116)(H,94,117)(H,95,126)(H,96,127)(H,101,124)(H,102,125)(H,105,119)(H,106,118)(H,107,128)(H,120,121)(H,129,130)(H,131,132)(H2,97,98,103)(H2,99,100,104)/t67?,68-,69?,70?,71?/m0/s1. The number of aromatic nitrogens is 6. The fourth-order valence-electron chi connectivity index (χ4n) is 15.7. The number of hydrogen-bond donors (Lipinski definition) is 21. The highest BCUT2D eigenvalue weighted by atomic mass is 32.2. The predicted octanol–water partition coefficient (Wildman–Crippen LogP) is -2.24. The van der Waals surface area contributed by atoms with E-state index < -0.39 is 171 Å². The average Bonchev–Trinajstić information content (AvgIpc) is 0.964. The summed E-state index contributed by atoms with van der Waals surface area (Å²) in [6.45, 7) is 10.4. The normalized spacial score (nSPS) is 14.3. The van der Waals surface area contributed by atoms with Gasteiger partial charge < -0.3 is 123 Å². The van der Waals surface area contributed by atoms with Gasteiger partial charge in [0.05, 0.1) is 53.5 Å². The zero-order valence-corrected chi connectivity index (χ0v) is 82.1. The number of sulfonamides is 2. The van der Waals surface area contributed by atoms with E-state index in [1.165, 1.54) is 64.4 Å². The van der Waals surface area contributed by atoms with Gasteiger partial charge in [-0.25, -0.2) is 26.8 Å². The van der Waals surface area contributed by atoms with Gasteiger partial charge in [0.25, 0.3) is 17.8 Å². The molecule has 2 radical (unpaired) electrons. The number of carboxylic acids is 3. The number of nitrogens with zero attached hydrogens (tertiary/aromatic N) is 8. The average molecular weight is 2030 g/mol. The topological polar surface area (TPSA) is 684 Å². The van der Waals surface area contributed by atoms with Crippen LogP contribution in [0.4, 0.5) is 11.9 Å². The summed E-state index contributed by atoms with van der Waals surface area (Å²) in [7, 11) is 0.404. The number of aliphatic hydroxyl groups is 3. The molecule has 0 aliphatic carbocycles. The number of anilines is 2. The van der Waals surface area contributed by atoms with E-state index in [9.17, 15) is 115 Å². The lowest BCUT2D eigenvalue weighted by atomic mass is 10.1.